The molecule has 0 spiro atoms. The molecular formula is C25H21N3O5S. The van der Waals surface area contributed by atoms with E-state index in [1.165, 1.54) is 27.5 Å². The molecule has 0 unspecified atom stereocenters. The Hall–Kier alpha value is -3.72. The number of aryl methyl sites for hydroxylation is 2. The second-order valence-electron chi connectivity index (χ2n) is 8.26. The molecule has 2 aromatic heterocycles. The van der Waals surface area contributed by atoms with Crippen molar-refractivity contribution < 1.29 is 18.7 Å². The van der Waals surface area contributed by atoms with Crippen molar-refractivity contribution in [3.05, 3.63) is 76.0 Å². The molecule has 1 aliphatic heterocycles. The van der Waals surface area contributed by atoms with Gasteiger partial charge >= 0.3 is 0 Å². The number of hydrogen-bond acceptors (Lipinski definition) is 7. The summed E-state index contributed by atoms with van der Waals surface area (Å²) < 4.78 is 17.8. The summed E-state index contributed by atoms with van der Waals surface area (Å²) in [5, 5.41) is 3.81. The molecule has 4 aromatic rings. The largest absolute Gasteiger partial charge is 0.467 e. The van der Waals surface area contributed by atoms with Gasteiger partial charge in [-0.3, -0.25) is 14.2 Å². The van der Waals surface area contributed by atoms with Gasteiger partial charge in [0, 0.05) is 11.8 Å². The summed E-state index contributed by atoms with van der Waals surface area (Å²) in [6.07, 6.45) is 4.86. The number of furan rings is 1. The summed E-state index contributed by atoms with van der Waals surface area (Å²) in [6.45, 7) is 0.314. The van der Waals surface area contributed by atoms with Crippen molar-refractivity contribution in [3.8, 4) is 11.5 Å². The van der Waals surface area contributed by atoms with Crippen molar-refractivity contribution in [2.75, 3.05) is 17.9 Å². The van der Waals surface area contributed by atoms with Crippen molar-refractivity contribution in [2.45, 2.75) is 31.0 Å². The molecule has 1 N–H and O–H groups in total. The van der Waals surface area contributed by atoms with Crippen LogP contribution >= 0.6 is 11.8 Å². The lowest BCUT2D eigenvalue weighted by atomic mass is 10.1. The van der Waals surface area contributed by atoms with Gasteiger partial charge in [-0.05, 0) is 60.7 Å². The first-order valence-corrected chi connectivity index (χ1v) is 12.0. The maximum absolute atomic E-state index is 13.4. The van der Waals surface area contributed by atoms with Crippen molar-refractivity contribution in [1.29, 1.82) is 0 Å². The predicted octanol–water partition coefficient (Wildman–Crippen LogP) is 3.99. The van der Waals surface area contributed by atoms with Crippen LogP contribution in [0.1, 0.15) is 23.3 Å². The number of anilines is 1. The van der Waals surface area contributed by atoms with E-state index in [0.29, 0.717) is 33.3 Å². The van der Waals surface area contributed by atoms with Crippen molar-refractivity contribution in [1.82, 2.24) is 9.55 Å². The van der Waals surface area contributed by atoms with Crippen molar-refractivity contribution in [3.63, 3.8) is 0 Å². The SMILES string of the molecule is O=C(CSc1nc2cc3c(cc2c(=O)n1Cc1ccco1)OCO3)Nc1ccc2c(c1)CCC2. The number of amides is 1. The molecule has 1 aliphatic carbocycles. The first kappa shape index (κ1) is 20.9. The summed E-state index contributed by atoms with van der Waals surface area (Å²) in [5.74, 6) is 1.64. The minimum Gasteiger partial charge on any atom is -0.467 e. The molecule has 0 radical (unpaired) electrons. The minimum absolute atomic E-state index is 0.108. The summed E-state index contributed by atoms with van der Waals surface area (Å²) >= 11 is 1.21. The van der Waals surface area contributed by atoms with Gasteiger partial charge < -0.3 is 19.2 Å². The zero-order valence-electron chi connectivity index (χ0n) is 18.2. The third-order valence-corrected chi connectivity index (χ3v) is 7.00. The first-order valence-electron chi connectivity index (χ1n) is 11.0. The number of fused-ring (bicyclic) bond motifs is 3. The number of nitrogens with one attached hydrogen (secondary N) is 1. The third kappa shape index (κ3) is 3.92. The maximum atomic E-state index is 13.4. The molecule has 2 aliphatic rings. The van der Waals surface area contributed by atoms with Crippen molar-refractivity contribution >= 4 is 34.3 Å². The molecule has 2 aromatic carbocycles. The second-order valence-corrected chi connectivity index (χ2v) is 9.20. The van der Waals surface area contributed by atoms with Gasteiger partial charge in [-0.15, -0.1) is 0 Å². The van der Waals surface area contributed by atoms with Crippen LogP contribution in [0.15, 0.2) is 63.1 Å². The lowest BCUT2D eigenvalue weighted by Gasteiger charge is -2.13. The van der Waals surface area contributed by atoms with E-state index in [4.69, 9.17) is 13.9 Å². The topological polar surface area (TPSA) is 95.6 Å². The highest BCUT2D eigenvalue weighted by atomic mass is 32.2. The van der Waals surface area contributed by atoms with Gasteiger partial charge in [-0.1, -0.05) is 17.8 Å². The molecule has 6 rings (SSSR count). The monoisotopic (exact) mass is 475 g/mol. The lowest BCUT2D eigenvalue weighted by Crippen LogP contribution is -2.24. The van der Waals surface area contributed by atoms with Gasteiger partial charge in [-0.25, -0.2) is 4.98 Å². The summed E-state index contributed by atoms with van der Waals surface area (Å²) in [7, 11) is 0. The summed E-state index contributed by atoms with van der Waals surface area (Å²) in [5.41, 5.74) is 3.70. The van der Waals surface area contributed by atoms with Crippen LogP contribution < -0.4 is 20.3 Å². The Morgan fingerprint density at radius 2 is 1.94 bits per heavy atom. The van der Waals surface area contributed by atoms with Gasteiger partial charge in [-0.2, -0.15) is 0 Å². The molecular weight excluding hydrogens is 454 g/mol. The average molecular weight is 476 g/mol. The summed E-state index contributed by atoms with van der Waals surface area (Å²) in [4.78, 5) is 30.8. The van der Waals surface area contributed by atoms with Crippen LogP contribution in [0, 0.1) is 0 Å². The molecule has 0 bridgehead atoms. The van der Waals surface area contributed by atoms with Crippen LogP contribution in [0.2, 0.25) is 0 Å². The maximum Gasteiger partial charge on any atom is 0.262 e. The number of carbonyl (C=O) groups excluding carboxylic acids is 1. The van der Waals surface area contributed by atoms with E-state index in [2.05, 4.69) is 22.4 Å². The second kappa shape index (κ2) is 8.57. The van der Waals surface area contributed by atoms with Crippen LogP contribution in [-0.4, -0.2) is 28.0 Å². The van der Waals surface area contributed by atoms with E-state index < -0.39 is 0 Å². The number of nitrogens with zero attached hydrogens (tertiary/aromatic N) is 2. The molecule has 34 heavy (non-hydrogen) atoms. The number of rotatable bonds is 6. The Morgan fingerprint density at radius 1 is 1.09 bits per heavy atom. The highest BCUT2D eigenvalue weighted by molar-refractivity contribution is 7.99. The number of aromatic nitrogens is 2. The van der Waals surface area contributed by atoms with Gasteiger partial charge in [0.25, 0.3) is 5.56 Å². The molecule has 1 amide bonds. The fraction of sp³-hybridized carbons (Fsp3) is 0.240. The Bertz CT molecular complexity index is 1460. The van der Waals surface area contributed by atoms with Gasteiger partial charge in [0.2, 0.25) is 12.7 Å². The Kier molecular flexibility index (Phi) is 5.26. The van der Waals surface area contributed by atoms with Gasteiger partial charge in [0.15, 0.2) is 16.7 Å². The molecule has 0 atom stereocenters. The fourth-order valence-corrected chi connectivity index (χ4v) is 5.17. The van der Waals surface area contributed by atoms with E-state index >= 15 is 0 Å². The van der Waals surface area contributed by atoms with E-state index in [1.807, 2.05) is 6.07 Å². The number of benzene rings is 2. The van der Waals surface area contributed by atoms with E-state index in [9.17, 15) is 9.59 Å². The minimum atomic E-state index is -0.235. The van der Waals surface area contributed by atoms with Crippen LogP contribution in [-0.2, 0) is 24.2 Å². The molecule has 0 fully saturated rings. The van der Waals surface area contributed by atoms with Crippen LogP contribution in [0.25, 0.3) is 10.9 Å². The fourth-order valence-electron chi connectivity index (χ4n) is 4.38. The predicted molar refractivity (Wildman–Crippen MR) is 128 cm³/mol. The van der Waals surface area contributed by atoms with Crippen LogP contribution in [0.4, 0.5) is 5.69 Å². The highest BCUT2D eigenvalue weighted by Gasteiger charge is 2.20. The lowest BCUT2D eigenvalue weighted by molar-refractivity contribution is -0.113. The van der Waals surface area contributed by atoms with E-state index in [1.54, 1.807) is 30.5 Å². The Labute approximate surface area is 198 Å². The number of thioether (sulfide) groups is 1. The normalized spacial score (nSPS) is 13.9. The molecule has 0 saturated heterocycles. The summed E-state index contributed by atoms with van der Waals surface area (Å²) in [6, 6.07) is 13.0. The third-order valence-electron chi connectivity index (χ3n) is 6.02. The smallest absolute Gasteiger partial charge is 0.262 e. The molecule has 9 heteroatoms. The molecule has 0 saturated carbocycles. The quantitative estimate of drug-likeness (QED) is 0.333. The number of carbonyl (C=O) groups is 1. The average Bonchev–Trinajstić information content (AvgIpc) is 3.60. The van der Waals surface area contributed by atoms with Crippen LogP contribution in [0.3, 0.4) is 0 Å². The Balaban J connectivity index is 1.28. The van der Waals surface area contributed by atoms with Gasteiger partial charge in [0.05, 0.1) is 29.5 Å². The zero-order valence-corrected chi connectivity index (χ0v) is 19.0. The van der Waals surface area contributed by atoms with E-state index in [0.717, 1.165) is 24.9 Å². The number of ether oxygens (including phenoxy) is 2. The molecule has 8 nitrogen and oxygen atoms in total. The Morgan fingerprint density at radius 3 is 2.79 bits per heavy atom. The highest BCUT2D eigenvalue weighted by Crippen LogP contribution is 2.35. The first-order chi connectivity index (χ1) is 16.6. The number of hydrogen-bond donors (Lipinski definition) is 1. The zero-order chi connectivity index (χ0) is 23.1. The van der Waals surface area contributed by atoms with Crippen molar-refractivity contribution in [2.24, 2.45) is 0 Å². The molecule has 3 heterocycles. The standard InChI is InChI=1S/C25H21N3O5S/c29-23(26-17-7-6-15-3-1-4-16(15)9-17)13-34-25-27-20-11-22-21(32-14-33-22)10-19(20)24(30)28(25)12-18-5-2-8-31-18/h2,5-11H,1,3-4,12-14H2,(H,26,29). The van der Waals surface area contributed by atoms with Crippen LogP contribution in [0.5, 0.6) is 11.5 Å². The van der Waals surface area contributed by atoms with E-state index in [-0.39, 0.29) is 30.6 Å². The molecule has 172 valence electrons. The van der Waals surface area contributed by atoms with Gasteiger partial charge in [0.1, 0.15) is 5.76 Å².